The third-order valence-corrected chi connectivity index (χ3v) is 8.91. The Bertz CT molecular complexity index is 2180. The average Bonchev–Trinajstić information content (AvgIpc) is 3.90. The number of fused-ring (bicyclic) bond motifs is 6. The van der Waals surface area contributed by atoms with Crippen LogP contribution in [-0.2, 0) is 9.59 Å². The molecular formula is C33H35F3N12O2. The molecule has 2 saturated heterocycles. The minimum atomic E-state index is -4.50. The molecule has 14 nitrogen and oxygen atoms in total. The van der Waals surface area contributed by atoms with Crippen LogP contribution >= 0.6 is 0 Å². The molecule has 2 unspecified atom stereocenters. The van der Waals surface area contributed by atoms with Crippen LogP contribution in [0.5, 0.6) is 0 Å². The maximum absolute atomic E-state index is 12.3. The largest absolute Gasteiger partial charge is 0.397 e. The first-order valence-corrected chi connectivity index (χ1v) is 16.3. The standard InChI is InChI=1S/C17H20N6O.C16H15F3N6O/c1-10(2)17(24)22-11-4-6-23(8-11)16-14-12-3-5-18-15(12)19-7-13(14)20-9-21-16;17-16(18,19)5-12(26)24-9-2-4-25(7-9)15-13-10-1-3-20-14(10)21-6-11(13)22-8-23-15/h3,5,7,9-11H,4,6,8H2,1-2H3,(H,18,19)(H,22,24);1,3,6,8-9H,2,4-5,7H2,(H,20,21)(H,24,26). The first-order chi connectivity index (χ1) is 24.0. The smallest absolute Gasteiger partial charge is 0.354 e. The lowest BCUT2D eigenvalue weighted by atomic mass is 10.2. The Balaban J connectivity index is 0.000000157. The van der Waals surface area contributed by atoms with Crippen molar-refractivity contribution >= 4 is 67.3 Å². The van der Waals surface area contributed by atoms with E-state index in [1.165, 1.54) is 6.33 Å². The number of halogens is 3. The van der Waals surface area contributed by atoms with Crippen molar-refractivity contribution in [2.24, 2.45) is 5.92 Å². The Labute approximate surface area is 283 Å². The summed E-state index contributed by atoms with van der Waals surface area (Å²) in [5, 5.41) is 9.32. The van der Waals surface area contributed by atoms with Crippen LogP contribution in [0.25, 0.3) is 43.9 Å². The molecule has 8 heterocycles. The molecule has 0 saturated carbocycles. The molecule has 2 atom stereocenters. The molecule has 4 N–H and O–H groups in total. The number of alkyl halides is 3. The molecule has 260 valence electrons. The van der Waals surface area contributed by atoms with E-state index < -0.39 is 18.5 Å². The van der Waals surface area contributed by atoms with Crippen LogP contribution in [0.4, 0.5) is 24.8 Å². The SMILES string of the molecule is CC(C)C(=O)NC1CCN(c2ncnc3cnc4[nH]ccc4c23)C1.O=C(CC(F)(F)F)NC1CCN(c2ncnc3cnc4[nH]ccc4c23)C1. The summed E-state index contributed by atoms with van der Waals surface area (Å²) >= 11 is 0. The van der Waals surface area contributed by atoms with E-state index in [0.29, 0.717) is 36.5 Å². The van der Waals surface area contributed by atoms with Gasteiger partial charge in [0.1, 0.15) is 42.0 Å². The molecule has 2 aliphatic heterocycles. The van der Waals surface area contributed by atoms with Crippen LogP contribution in [0.3, 0.4) is 0 Å². The van der Waals surface area contributed by atoms with Gasteiger partial charge in [0, 0.05) is 67.3 Å². The van der Waals surface area contributed by atoms with Crippen molar-refractivity contribution in [3.63, 3.8) is 0 Å². The molecule has 0 spiro atoms. The molecule has 2 fully saturated rings. The third kappa shape index (κ3) is 6.79. The fourth-order valence-electron chi connectivity index (χ4n) is 6.53. The van der Waals surface area contributed by atoms with Crippen LogP contribution in [-0.4, -0.2) is 96.1 Å². The summed E-state index contributed by atoms with van der Waals surface area (Å²) in [7, 11) is 0. The molecule has 8 rings (SSSR count). The number of pyridine rings is 2. The highest BCUT2D eigenvalue weighted by molar-refractivity contribution is 6.09. The Kier molecular flexibility index (Phi) is 8.80. The van der Waals surface area contributed by atoms with Gasteiger partial charge in [-0.05, 0) is 25.0 Å². The molecular weight excluding hydrogens is 653 g/mol. The summed E-state index contributed by atoms with van der Waals surface area (Å²) < 4.78 is 37.0. The maximum atomic E-state index is 12.3. The fraction of sp³-hybridized carbons (Fsp3) is 0.394. The quantitative estimate of drug-likeness (QED) is 0.200. The second-order valence-electron chi connectivity index (χ2n) is 12.8. The number of hydrogen-bond donors (Lipinski definition) is 4. The average molecular weight is 689 g/mol. The van der Waals surface area contributed by atoms with Gasteiger partial charge in [-0.3, -0.25) is 9.59 Å². The number of anilines is 2. The Hall–Kier alpha value is -5.61. The van der Waals surface area contributed by atoms with Gasteiger partial charge < -0.3 is 30.4 Å². The maximum Gasteiger partial charge on any atom is 0.397 e. The van der Waals surface area contributed by atoms with Gasteiger partial charge in [-0.15, -0.1) is 0 Å². The monoisotopic (exact) mass is 688 g/mol. The lowest BCUT2D eigenvalue weighted by Crippen LogP contribution is -2.39. The van der Waals surface area contributed by atoms with E-state index in [2.05, 4.69) is 55.4 Å². The lowest BCUT2D eigenvalue weighted by Gasteiger charge is -2.20. The van der Waals surface area contributed by atoms with Gasteiger partial charge in [0.05, 0.1) is 34.2 Å². The third-order valence-electron chi connectivity index (χ3n) is 8.91. The minimum Gasteiger partial charge on any atom is -0.354 e. The molecule has 2 aliphatic rings. The van der Waals surface area contributed by atoms with E-state index in [9.17, 15) is 22.8 Å². The molecule has 0 bridgehead atoms. The zero-order valence-electron chi connectivity index (χ0n) is 27.3. The number of amides is 2. The van der Waals surface area contributed by atoms with Crippen molar-refractivity contribution in [3.05, 3.63) is 49.6 Å². The van der Waals surface area contributed by atoms with Crippen molar-refractivity contribution in [1.82, 2.24) is 50.5 Å². The normalized spacial score (nSPS) is 18.0. The predicted molar refractivity (Wildman–Crippen MR) is 181 cm³/mol. The molecule has 17 heteroatoms. The number of aromatic amines is 2. The van der Waals surface area contributed by atoms with E-state index in [1.807, 2.05) is 37.1 Å². The lowest BCUT2D eigenvalue weighted by molar-refractivity contribution is -0.154. The number of rotatable bonds is 6. The van der Waals surface area contributed by atoms with Gasteiger partial charge in [-0.1, -0.05) is 13.8 Å². The van der Waals surface area contributed by atoms with Crippen molar-refractivity contribution < 1.29 is 22.8 Å². The summed E-state index contributed by atoms with van der Waals surface area (Å²) in [6.07, 6.45) is 5.60. The highest BCUT2D eigenvalue weighted by atomic mass is 19.4. The number of carbonyl (C=O) groups excluding carboxylic acids is 2. The van der Waals surface area contributed by atoms with Crippen LogP contribution in [0.2, 0.25) is 0 Å². The number of carbonyl (C=O) groups is 2. The second-order valence-corrected chi connectivity index (χ2v) is 12.8. The minimum absolute atomic E-state index is 0.00415. The highest BCUT2D eigenvalue weighted by Gasteiger charge is 2.34. The zero-order chi connectivity index (χ0) is 35.0. The van der Waals surface area contributed by atoms with E-state index in [0.717, 1.165) is 58.0 Å². The van der Waals surface area contributed by atoms with E-state index >= 15 is 0 Å². The molecule has 0 radical (unpaired) electrons. The summed E-state index contributed by atoms with van der Waals surface area (Å²) in [5.41, 5.74) is 3.07. The predicted octanol–water partition coefficient (Wildman–Crippen LogP) is 4.01. The van der Waals surface area contributed by atoms with Crippen LogP contribution < -0.4 is 20.4 Å². The van der Waals surface area contributed by atoms with Crippen LogP contribution in [0.15, 0.2) is 49.6 Å². The summed E-state index contributed by atoms with van der Waals surface area (Å²) in [5.74, 6) is 0.702. The second kappa shape index (κ2) is 13.4. The fourth-order valence-corrected chi connectivity index (χ4v) is 6.53. The van der Waals surface area contributed by atoms with Crippen molar-refractivity contribution in [2.45, 2.75) is 51.4 Å². The Morgan fingerprint density at radius 3 is 1.78 bits per heavy atom. The summed E-state index contributed by atoms with van der Waals surface area (Å²) in [6.45, 7) is 6.43. The number of hydrogen-bond acceptors (Lipinski definition) is 10. The first kappa shape index (κ1) is 32.9. The van der Waals surface area contributed by atoms with Gasteiger partial charge in [-0.25, -0.2) is 29.9 Å². The van der Waals surface area contributed by atoms with Gasteiger partial charge in [0.25, 0.3) is 0 Å². The van der Waals surface area contributed by atoms with Gasteiger partial charge in [0.15, 0.2) is 0 Å². The van der Waals surface area contributed by atoms with E-state index in [4.69, 9.17) is 0 Å². The first-order valence-electron chi connectivity index (χ1n) is 16.3. The molecule has 50 heavy (non-hydrogen) atoms. The van der Waals surface area contributed by atoms with E-state index in [1.54, 1.807) is 24.9 Å². The molecule has 6 aromatic heterocycles. The zero-order valence-corrected chi connectivity index (χ0v) is 27.3. The van der Waals surface area contributed by atoms with Gasteiger partial charge >= 0.3 is 6.18 Å². The summed E-state index contributed by atoms with van der Waals surface area (Å²) in [4.78, 5) is 60.0. The summed E-state index contributed by atoms with van der Waals surface area (Å²) in [6, 6.07) is 3.70. The molecule has 6 aromatic rings. The molecule has 0 aromatic carbocycles. The topological polar surface area (TPSA) is 174 Å². The Morgan fingerprint density at radius 1 is 0.800 bits per heavy atom. The van der Waals surface area contributed by atoms with Crippen LogP contribution in [0.1, 0.15) is 33.1 Å². The van der Waals surface area contributed by atoms with Crippen molar-refractivity contribution in [2.75, 3.05) is 36.0 Å². The van der Waals surface area contributed by atoms with E-state index in [-0.39, 0.29) is 23.9 Å². The van der Waals surface area contributed by atoms with Gasteiger partial charge in [0.2, 0.25) is 11.8 Å². The van der Waals surface area contributed by atoms with Crippen molar-refractivity contribution in [1.29, 1.82) is 0 Å². The Morgan fingerprint density at radius 2 is 1.30 bits per heavy atom. The number of nitrogens with one attached hydrogen (secondary N) is 4. The number of H-pyrrole nitrogens is 2. The molecule has 2 amide bonds. The molecule has 0 aliphatic carbocycles. The highest BCUT2D eigenvalue weighted by Crippen LogP contribution is 2.32. The number of aromatic nitrogens is 8. The van der Waals surface area contributed by atoms with Crippen LogP contribution in [0, 0.1) is 5.92 Å². The number of nitrogens with zero attached hydrogens (tertiary/aromatic N) is 8. The van der Waals surface area contributed by atoms with Crippen molar-refractivity contribution in [3.8, 4) is 0 Å². The van der Waals surface area contributed by atoms with Gasteiger partial charge in [-0.2, -0.15) is 13.2 Å².